The van der Waals surface area contributed by atoms with Crippen molar-refractivity contribution in [1.82, 2.24) is 9.55 Å². The summed E-state index contributed by atoms with van der Waals surface area (Å²) in [6, 6.07) is 0. The molecule has 0 spiro atoms. The molecule has 10 nitrogen and oxygen atoms in total. The van der Waals surface area contributed by atoms with Crippen LogP contribution in [0.5, 0.6) is 0 Å². The van der Waals surface area contributed by atoms with Gasteiger partial charge in [0.15, 0.2) is 0 Å². The number of aryl methyl sites for hydroxylation is 1. The Labute approximate surface area is 127 Å². The van der Waals surface area contributed by atoms with E-state index in [0.29, 0.717) is 4.57 Å². The number of aliphatic hydroxyl groups is 2. The third kappa shape index (κ3) is 3.35. The quantitative estimate of drug-likeness (QED) is 0.388. The normalized spacial score (nSPS) is 29.0. The van der Waals surface area contributed by atoms with Gasteiger partial charge in [-0.05, 0) is 6.92 Å². The van der Waals surface area contributed by atoms with Gasteiger partial charge in [-0.15, -0.1) is 11.8 Å². The van der Waals surface area contributed by atoms with E-state index in [1.54, 1.807) is 0 Å². The van der Waals surface area contributed by atoms with Crippen molar-refractivity contribution in [1.29, 1.82) is 0 Å². The molecule has 2 heterocycles. The maximum absolute atomic E-state index is 11.8. The lowest BCUT2D eigenvalue weighted by Gasteiger charge is -2.28. The Kier molecular flexibility index (Phi) is 4.69. The highest BCUT2D eigenvalue weighted by Gasteiger charge is 2.51. The fourth-order valence-electron chi connectivity index (χ4n) is 1.97. The van der Waals surface area contributed by atoms with E-state index >= 15 is 0 Å². The second kappa shape index (κ2) is 5.93. The smallest absolute Gasteiger partial charge is 0.335 e. The zero-order valence-corrected chi connectivity index (χ0v) is 13.1. The van der Waals surface area contributed by atoms with Gasteiger partial charge in [-0.3, -0.25) is 14.3 Å². The molecule has 1 aliphatic rings. The number of thioether (sulfide) groups is 1. The highest BCUT2D eigenvalue weighted by atomic mass is 32.2. The number of hydrogen-bond donors (Lipinski definition) is 5. The van der Waals surface area contributed by atoms with Crippen molar-refractivity contribution >= 4 is 19.4 Å². The summed E-state index contributed by atoms with van der Waals surface area (Å²) in [5, 5.41) is 19.7. The average Bonchev–Trinajstić information content (AvgIpc) is 2.68. The van der Waals surface area contributed by atoms with Crippen LogP contribution in [0.15, 0.2) is 15.8 Å². The predicted octanol–water partition coefficient (Wildman–Crippen LogP) is -1.92. The van der Waals surface area contributed by atoms with Crippen molar-refractivity contribution in [2.24, 2.45) is 0 Å². The lowest BCUT2D eigenvalue weighted by molar-refractivity contribution is -0.276. The molecule has 124 valence electrons. The van der Waals surface area contributed by atoms with E-state index in [-0.39, 0.29) is 12.2 Å². The molecular weight excluding hydrogens is 339 g/mol. The molecule has 5 N–H and O–H groups in total. The van der Waals surface area contributed by atoms with Crippen LogP contribution in [0.1, 0.15) is 5.56 Å². The molecule has 0 radical (unpaired) electrons. The zero-order chi connectivity index (χ0) is 16.7. The molecular formula is C10H15N2O8PS. The second-order valence-electron chi connectivity index (χ2n) is 4.85. The van der Waals surface area contributed by atoms with Crippen LogP contribution < -0.4 is 11.2 Å². The van der Waals surface area contributed by atoms with E-state index in [1.165, 1.54) is 6.92 Å². The average molecular weight is 354 g/mol. The predicted molar refractivity (Wildman–Crippen MR) is 76.5 cm³/mol. The van der Waals surface area contributed by atoms with Crippen LogP contribution >= 0.6 is 19.4 Å². The number of ether oxygens (including phenoxy) is 1. The molecule has 12 heteroatoms. The number of hydrogen-bond acceptors (Lipinski definition) is 7. The van der Waals surface area contributed by atoms with E-state index in [4.69, 9.17) is 14.5 Å². The largest absolute Gasteiger partial charge is 0.384 e. The molecule has 0 aromatic carbocycles. The molecule has 1 fully saturated rings. The third-order valence-corrected chi connectivity index (χ3v) is 5.88. The summed E-state index contributed by atoms with van der Waals surface area (Å²) >= 11 is 0.724. The van der Waals surface area contributed by atoms with Crippen LogP contribution in [0.3, 0.4) is 0 Å². The van der Waals surface area contributed by atoms with E-state index in [2.05, 4.69) is 0 Å². The topological polar surface area (TPSA) is 162 Å². The monoisotopic (exact) mass is 354 g/mol. The molecule has 0 unspecified atom stereocenters. The number of H-pyrrole nitrogens is 1. The summed E-state index contributed by atoms with van der Waals surface area (Å²) < 4.78 is 16.6. The van der Waals surface area contributed by atoms with Gasteiger partial charge in [-0.1, -0.05) is 0 Å². The van der Waals surface area contributed by atoms with Crippen LogP contribution in [0, 0.1) is 6.92 Å². The van der Waals surface area contributed by atoms with E-state index < -0.39 is 41.6 Å². The van der Waals surface area contributed by atoms with Gasteiger partial charge in [0.2, 0.25) is 0 Å². The number of nitrogens with zero attached hydrogens (tertiary/aromatic N) is 1. The zero-order valence-electron chi connectivity index (χ0n) is 11.4. The van der Waals surface area contributed by atoms with Gasteiger partial charge in [-0.25, -0.2) is 9.36 Å². The minimum absolute atomic E-state index is 0.121. The number of nitrogens with one attached hydrogen (secondary N) is 1. The molecule has 2 rings (SSSR count). The molecule has 0 bridgehead atoms. The molecule has 3 atom stereocenters. The van der Waals surface area contributed by atoms with Crippen LogP contribution in [0.4, 0.5) is 0 Å². The Bertz CT molecular complexity index is 726. The Morgan fingerprint density at radius 1 is 1.55 bits per heavy atom. The standard InChI is InChI=1S/C10H15N2O8PS/c1-5-2-12(9(15)11-8(5)14)10(16)7(13)6(3-20-10)22-4-21(17,18)19/h2,6-7,13,16H,3-4H2,1H3,(H,11,14,15)(H2,17,18,19)/t6-,7+,10-/m0/s1. The van der Waals surface area contributed by atoms with Gasteiger partial charge < -0.3 is 24.7 Å². The first-order valence-corrected chi connectivity index (χ1v) is 8.93. The molecule has 22 heavy (non-hydrogen) atoms. The third-order valence-electron chi connectivity index (χ3n) is 3.12. The van der Waals surface area contributed by atoms with Crippen LogP contribution in [0.25, 0.3) is 0 Å². The highest BCUT2D eigenvalue weighted by Crippen LogP contribution is 2.43. The molecule has 1 aromatic heterocycles. The van der Waals surface area contributed by atoms with Gasteiger partial charge in [0.1, 0.15) is 6.10 Å². The van der Waals surface area contributed by atoms with Crippen molar-refractivity contribution in [2.75, 3.05) is 12.1 Å². The van der Waals surface area contributed by atoms with Crippen LogP contribution in [-0.4, -0.2) is 53.0 Å². The number of aromatic amines is 1. The fraction of sp³-hybridized carbons (Fsp3) is 0.600. The SMILES string of the molecule is Cc1cn([C@@]2(O)OC[C@H](SCP(=O)(O)O)[C@H]2O)c(=O)[nH]c1=O. The lowest BCUT2D eigenvalue weighted by atomic mass is 10.2. The first kappa shape index (κ1) is 17.4. The second-order valence-corrected chi connectivity index (χ2v) is 8.16. The summed E-state index contributed by atoms with van der Waals surface area (Å²) in [5.41, 5.74) is -2.05. The number of rotatable bonds is 4. The van der Waals surface area contributed by atoms with Gasteiger partial charge >= 0.3 is 13.3 Å². The lowest BCUT2D eigenvalue weighted by Crippen LogP contribution is -2.51. The number of aliphatic hydroxyl groups excluding tert-OH is 1. The Morgan fingerprint density at radius 2 is 2.18 bits per heavy atom. The minimum Gasteiger partial charge on any atom is -0.384 e. The van der Waals surface area contributed by atoms with Gasteiger partial charge in [0.25, 0.3) is 11.5 Å². The van der Waals surface area contributed by atoms with E-state index in [0.717, 1.165) is 18.0 Å². The summed E-state index contributed by atoms with van der Waals surface area (Å²) in [6.45, 7) is 1.17. The van der Waals surface area contributed by atoms with Crippen LogP contribution in [-0.2, 0) is 15.2 Å². The van der Waals surface area contributed by atoms with Crippen molar-refractivity contribution in [3.05, 3.63) is 32.6 Å². The first-order valence-electron chi connectivity index (χ1n) is 6.08. The first-order chi connectivity index (χ1) is 10.0. The maximum Gasteiger partial charge on any atom is 0.335 e. The maximum atomic E-state index is 11.8. The summed E-state index contributed by atoms with van der Waals surface area (Å²) in [7, 11) is -4.28. The molecule has 0 saturated carbocycles. The minimum atomic E-state index is -4.28. The van der Waals surface area contributed by atoms with Crippen LogP contribution in [0.2, 0.25) is 0 Å². The molecule has 0 amide bonds. The highest BCUT2D eigenvalue weighted by molar-refractivity contribution is 8.05. The van der Waals surface area contributed by atoms with Crippen molar-refractivity contribution in [3.63, 3.8) is 0 Å². The van der Waals surface area contributed by atoms with E-state index in [9.17, 15) is 24.4 Å². The van der Waals surface area contributed by atoms with E-state index in [1.807, 2.05) is 4.98 Å². The Morgan fingerprint density at radius 3 is 2.77 bits per heavy atom. The summed E-state index contributed by atoms with van der Waals surface area (Å²) in [4.78, 5) is 42.7. The number of aromatic nitrogens is 2. The van der Waals surface area contributed by atoms with Crippen molar-refractivity contribution in [3.8, 4) is 0 Å². The van der Waals surface area contributed by atoms with Gasteiger partial charge in [-0.2, -0.15) is 0 Å². The van der Waals surface area contributed by atoms with Crippen molar-refractivity contribution in [2.45, 2.75) is 24.2 Å². The van der Waals surface area contributed by atoms with Gasteiger partial charge in [0.05, 0.1) is 17.4 Å². The molecule has 1 aliphatic heterocycles. The Hall–Kier alpha value is -0.940. The van der Waals surface area contributed by atoms with Crippen molar-refractivity contribution < 1.29 is 29.3 Å². The molecule has 1 saturated heterocycles. The summed E-state index contributed by atoms with van der Waals surface area (Å²) in [6.07, 6.45) is -0.576. The van der Waals surface area contributed by atoms with Gasteiger partial charge in [0, 0.05) is 11.8 Å². The molecule has 1 aromatic rings. The summed E-state index contributed by atoms with van der Waals surface area (Å²) in [5.74, 6) is -2.42. The molecule has 0 aliphatic carbocycles. The fourth-order valence-corrected chi connectivity index (χ4v) is 4.04. The Balaban J connectivity index is 2.29.